The van der Waals surface area contributed by atoms with E-state index < -0.39 is 35.7 Å². The molecular formula is C6HF9O3. The molecule has 0 saturated heterocycles. The van der Waals surface area contributed by atoms with Crippen LogP contribution < -0.4 is 0 Å². The first-order valence-electron chi connectivity index (χ1n) is 3.58. The first-order valence-corrected chi connectivity index (χ1v) is 3.58. The smallest absolute Gasteiger partial charge is 0.410 e. The van der Waals surface area contributed by atoms with Crippen molar-refractivity contribution in [3.63, 3.8) is 0 Å². The molecular weight excluding hydrogens is 291 g/mol. The topological polar surface area (TPSA) is 54.4 Å². The number of hydrogen-bond acceptors (Lipinski definition) is 2. The molecule has 0 unspecified atom stereocenters. The minimum atomic E-state index is -7.24. The summed E-state index contributed by atoms with van der Waals surface area (Å²) in [6, 6.07) is -4.31. The average molecular weight is 292 g/mol. The fourth-order valence-electron chi connectivity index (χ4n) is 0.652. The molecule has 0 amide bonds. The maximum atomic E-state index is 12.4. The predicted octanol–water partition coefficient (Wildman–Crippen LogP) is 2.11. The molecule has 1 N–H and O–H groups in total. The average Bonchev–Trinajstić information content (AvgIpc) is 2.15. The lowest BCUT2D eigenvalue weighted by molar-refractivity contribution is -0.352. The first-order chi connectivity index (χ1) is 7.64. The molecule has 106 valence electrons. The largest absolute Gasteiger partial charge is 0.477 e. The van der Waals surface area contributed by atoms with E-state index in [2.05, 4.69) is 0 Å². The van der Waals surface area contributed by atoms with Gasteiger partial charge in [0.05, 0.1) is 0 Å². The maximum absolute atomic E-state index is 12.4. The van der Waals surface area contributed by atoms with Gasteiger partial charge in [-0.05, 0) is 0 Å². The zero-order valence-corrected chi connectivity index (χ0v) is 7.67. The summed E-state index contributed by atoms with van der Waals surface area (Å²) in [4.78, 5) is 19.1. The third kappa shape index (κ3) is 1.88. The van der Waals surface area contributed by atoms with Gasteiger partial charge in [0.2, 0.25) is 0 Å². The van der Waals surface area contributed by atoms with Crippen molar-refractivity contribution in [2.45, 2.75) is 23.7 Å². The Bertz CT molecular complexity index is 338. The lowest BCUT2D eigenvalue weighted by Crippen LogP contribution is -2.66. The lowest BCUT2D eigenvalue weighted by atomic mass is 9.99. The Labute approximate surface area is 91.2 Å². The molecule has 0 spiro atoms. The SMILES string of the molecule is O=C(O)C(F)(F)C(F)(F)C(F)(F)C(F)(F)C(=O)F. The molecule has 0 aromatic rings. The summed E-state index contributed by atoms with van der Waals surface area (Å²) >= 11 is 0. The third-order valence-electron chi connectivity index (χ3n) is 1.70. The highest BCUT2D eigenvalue weighted by molar-refractivity contribution is 5.80. The van der Waals surface area contributed by atoms with Crippen LogP contribution in [0.25, 0.3) is 0 Å². The summed E-state index contributed by atoms with van der Waals surface area (Å²) in [6.45, 7) is 0. The van der Waals surface area contributed by atoms with E-state index in [1.165, 1.54) is 0 Å². The monoisotopic (exact) mass is 292 g/mol. The second kappa shape index (κ2) is 4.02. The van der Waals surface area contributed by atoms with Crippen molar-refractivity contribution in [1.29, 1.82) is 0 Å². The van der Waals surface area contributed by atoms with Crippen LogP contribution in [0.5, 0.6) is 0 Å². The molecule has 3 nitrogen and oxygen atoms in total. The van der Waals surface area contributed by atoms with Crippen molar-refractivity contribution in [1.82, 2.24) is 0 Å². The minimum absolute atomic E-state index is 3.85. The van der Waals surface area contributed by atoms with Crippen LogP contribution in [0.1, 0.15) is 0 Å². The van der Waals surface area contributed by atoms with Gasteiger partial charge in [-0.15, -0.1) is 0 Å². The summed E-state index contributed by atoms with van der Waals surface area (Å²) in [7, 11) is 0. The van der Waals surface area contributed by atoms with Crippen LogP contribution in [0.15, 0.2) is 0 Å². The van der Waals surface area contributed by atoms with Crippen LogP contribution >= 0.6 is 0 Å². The Morgan fingerprint density at radius 2 is 1.00 bits per heavy atom. The molecule has 0 aromatic heterocycles. The van der Waals surface area contributed by atoms with Gasteiger partial charge in [-0.3, -0.25) is 4.79 Å². The van der Waals surface area contributed by atoms with Gasteiger partial charge < -0.3 is 5.11 Å². The van der Waals surface area contributed by atoms with E-state index in [0.717, 1.165) is 0 Å². The van der Waals surface area contributed by atoms with Crippen LogP contribution in [0.4, 0.5) is 39.5 Å². The Kier molecular flexibility index (Phi) is 3.68. The second-order valence-electron chi connectivity index (χ2n) is 2.88. The van der Waals surface area contributed by atoms with Crippen molar-refractivity contribution in [2.24, 2.45) is 0 Å². The van der Waals surface area contributed by atoms with Gasteiger partial charge in [-0.25, -0.2) is 4.79 Å². The highest BCUT2D eigenvalue weighted by atomic mass is 19.4. The molecule has 0 heterocycles. The summed E-state index contributed by atoms with van der Waals surface area (Å²) < 4.78 is 110. The molecule has 0 bridgehead atoms. The molecule has 0 saturated carbocycles. The van der Waals surface area contributed by atoms with E-state index >= 15 is 0 Å². The molecule has 0 fully saturated rings. The number of carboxylic acids is 1. The van der Waals surface area contributed by atoms with E-state index in [1.54, 1.807) is 0 Å². The molecule has 0 aromatic carbocycles. The number of hydrogen-bond donors (Lipinski definition) is 1. The standard InChI is InChI=1S/C6HF9O3/c7-1(16)3(8,9)5(12,13)6(14,15)4(10,11)2(17)18/h(H,17,18). The Morgan fingerprint density at radius 3 is 1.22 bits per heavy atom. The van der Waals surface area contributed by atoms with Gasteiger partial charge in [0.1, 0.15) is 0 Å². The van der Waals surface area contributed by atoms with Gasteiger partial charge in [0, 0.05) is 0 Å². The number of rotatable bonds is 5. The van der Waals surface area contributed by atoms with Gasteiger partial charge >= 0.3 is 35.7 Å². The maximum Gasteiger partial charge on any atom is 0.410 e. The van der Waals surface area contributed by atoms with Crippen LogP contribution in [0, 0.1) is 0 Å². The van der Waals surface area contributed by atoms with E-state index in [1.807, 2.05) is 0 Å². The van der Waals surface area contributed by atoms with Gasteiger partial charge in [0.25, 0.3) is 0 Å². The fourth-order valence-corrected chi connectivity index (χ4v) is 0.652. The van der Waals surface area contributed by atoms with Crippen LogP contribution in [-0.2, 0) is 9.59 Å². The number of alkyl halides is 8. The Hall–Kier alpha value is -1.49. The highest BCUT2D eigenvalue weighted by Gasteiger charge is 2.85. The van der Waals surface area contributed by atoms with Crippen LogP contribution in [0.2, 0.25) is 0 Å². The summed E-state index contributed by atoms with van der Waals surface area (Å²) in [5, 5.41) is 7.56. The number of aliphatic carboxylic acids is 1. The number of carbonyl (C=O) groups excluding carboxylic acids is 1. The van der Waals surface area contributed by atoms with Gasteiger partial charge in [-0.1, -0.05) is 0 Å². The van der Waals surface area contributed by atoms with E-state index in [0.29, 0.717) is 0 Å². The highest BCUT2D eigenvalue weighted by Crippen LogP contribution is 2.52. The van der Waals surface area contributed by atoms with Crippen molar-refractivity contribution >= 4 is 12.0 Å². The van der Waals surface area contributed by atoms with Gasteiger partial charge in [0.15, 0.2) is 0 Å². The summed E-state index contributed by atoms with van der Waals surface area (Å²) in [5.41, 5.74) is 0. The first kappa shape index (κ1) is 16.5. The van der Waals surface area contributed by atoms with Gasteiger partial charge in [-0.2, -0.15) is 39.5 Å². The Morgan fingerprint density at radius 1 is 0.722 bits per heavy atom. The zero-order chi connectivity index (χ0) is 15.2. The lowest BCUT2D eigenvalue weighted by Gasteiger charge is -2.32. The molecule has 12 heteroatoms. The van der Waals surface area contributed by atoms with Crippen molar-refractivity contribution in [2.75, 3.05) is 0 Å². The second-order valence-corrected chi connectivity index (χ2v) is 2.88. The van der Waals surface area contributed by atoms with Crippen LogP contribution in [0.3, 0.4) is 0 Å². The quantitative estimate of drug-likeness (QED) is 0.623. The summed E-state index contributed by atoms with van der Waals surface area (Å²) in [6.07, 6.45) is 0. The molecule has 0 aliphatic heterocycles. The minimum Gasteiger partial charge on any atom is -0.477 e. The number of carbonyl (C=O) groups is 2. The fraction of sp³-hybridized carbons (Fsp3) is 0.667. The van der Waals surface area contributed by atoms with Crippen molar-refractivity contribution in [3.05, 3.63) is 0 Å². The molecule has 0 aliphatic carbocycles. The van der Waals surface area contributed by atoms with E-state index in [9.17, 15) is 49.1 Å². The van der Waals surface area contributed by atoms with Crippen molar-refractivity contribution in [3.8, 4) is 0 Å². The molecule has 18 heavy (non-hydrogen) atoms. The Balaban J connectivity index is 5.89. The third-order valence-corrected chi connectivity index (χ3v) is 1.70. The van der Waals surface area contributed by atoms with E-state index in [-0.39, 0.29) is 0 Å². The predicted molar refractivity (Wildman–Crippen MR) is 33.5 cm³/mol. The van der Waals surface area contributed by atoms with Crippen LogP contribution in [-0.4, -0.2) is 40.8 Å². The molecule has 0 aliphatic rings. The van der Waals surface area contributed by atoms with E-state index in [4.69, 9.17) is 5.11 Å². The normalized spacial score (nSPS) is 14.5. The molecule has 0 rings (SSSR count). The molecule has 0 atom stereocenters. The summed E-state index contributed by atoms with van der Waals surface area (Å²) in [5.74, 6) is -31.7. The number of carboxylic acid groups (broad SMARTS) is 1. The van der Waals surface area contributed by atoms with Crippen molar-refractivity contribution < 1.29 is 54.2 Å². The zero-order valence-electron chi connectivity index (χ0n) is 7.67. The number of halogens is 9. The molecule has 0 radical (unpaired) electrons.